The van der Waals surface area contributed by atoms with Crippen LogP contribution in [0.1, 0.15) is 12.8 Å². The van der Waals surface area contributed by atoms with Crippen LogP contribution in [0.2, 0.25) is 0 Å². The van der Waals surface area contributed by atoms with Crippen LogP contribution in [-0.4, -0.2) is 6.67 Å². The van der Waals surface area contributed by atoms with Crippen LogP contribution in [0.15, 0.2) is 12.2 Å². The van der Waals surface area contributed by atoms with Crippen LogP contribution in [0, 0.1) is 6.92 Å². The summed E-state index contributed by atoms with van der Waals surface area (Å²) >= 11 is 0. The van der Waals surface area contributed by atoms with E-state index in [4.69, 9.17) is 0 Å². The van der Waals surface area contributed by atoms with Crippen LogP contribution < -0.4 is 0 Å². The summed E-state index contributed by atoms with van der Waals surface area (Å²) < 4.78 is 11.2. The monoisotopic (exact) mass is 101 g/mol. The van der Waals surface area contributed by atoms with Crippen molar-refractivity contribution in [1.29, 1.82) is 0 Å². The SMILES string of the molecule is [CH2]CC/C=C/CF. The van der Waals surface area contributed by atoms with E-state index < -0.39 is 0 Å². The van der Waals surface area contributed by atoms with Gasteiger partial charge in [0, 0.05) is 0 Å². The Kier molecular flexibility index (Phi) is 5.40. The van der Waals surface area contributed by atoms with Crippen molar-refractivity contribution in [3.8, 4) is 0 Å². The Morgan fingerprint density at radius 1 is 1.43 bits per heavy atom. The molecule has 0 N–H and O–H groups in total. The van der Waals surface area contributed by atoms with Crippen molar-refractivity contribution in [2.75, 3.05) is 6.67 Å². The number of allylic oxidation sites excluding steroid dienone is 2. The molecule has 0 spiro atoms. The Bertz CT molecular complexity index is 48.1. The molecular weight excluding hydrogens is 91.1 g/mol. The smallest absolute Gasteiger partial charge is 0.108 e. The fourth-order valence-corrected chi connectivity index (χ4v) is 0.299. The molecule has 1 radical (unpaired) electrons. The van der Waals surface area contributed by atoms with Crippen molar-refractivity contribution in [2.45, 2.75) is 12.8 Å². The molecule has 0 aliphatic heterocycles. The summed E-state index contributed by atoms with van der Waals surface area (Å²) in [5.74, 6) is 0. The van der Waals surface area contributed by atoms with Crippen molar-refractivity contribution in [2.24, 2.45) is 0 Å². The van der Waals surface area contributed by atoms with Gasteiger partial charge in [0.05, 0.1) is 0 Å². The summed E-state index contributed by atoms with van der Waals surface area (Å²) in [6.07, 6.45) is 5.05. The lowest BCUT2D eigenvalue weighted by atomic mass is 10.3. The molecule has 0 fully saturated rings. The molecule has 41 valence electrons. The number of halogens is 1. The van der Waals surface area contributed by atoms with Gasteiger partial charge in [-0.25, -0.2) is 4.39 Å². The van der Waals surface area contributed by atoms with Crippen molar-refractivity contribution < 1.29 is 4.39 Å². The molecule has 0 aromatic rings. The molecule has 0 rings (SSSR count). The van der Waals surface area contributed by atoms with Crippen LogP contribution in [0.25, 0.3) is 0 Å². The van der Waals surface area contributed by atoms with Crippen LogP contribution in [-0.2, 0) is 0 Å². The minimum atomic E-state index is -0.347. The Labute approximate surface area is 44.0 Å². The lowest BCUT2D eigenvalue weighted by molar-refractivity contribution is 0.561. The van der Waals surface area contributed by atoms with Crippen molar-refractivity contribution in [1.82, 2.24) is 0 Å². The maximum Gasteiger partial charge on any atom is 0.108 e. The van der Waals surface area contributed by atoms with E-state index in [1.807, 2.05) is 0 Å². The quantitative estimate of drug-likeness (QED) is 0.478. The van der Waals surface area contributed by atoms with Crippen LogP contribution >= 0.6 is 0 Å². The lowest BCUT2D eigenvalue weighted by Gasteiger charge is -1.78. The Morgan fingerprint density at radius 2 is 2.14 bits per heavy atom. The topological polar surface area (TPSA) is 0 Å². The van der Waals surface area contributed by atoms with Gasteiger partial charge in [0.15, 0.2) is 0 Å². The molecule has 0 saturated heterocycles. The van der Waals surface area contributed by atoms with Crippen molar-refractivity contribution in [3.05, 3.63) is 19.1 Å². The zero-order valence-electron chi connectivity index (χ0n) is 4.36. The number of rotatable bonds is 3. The average molecular weight is 101 g/mol. The molecule has 7 heavy (non-hydrogen) atoms. The molecule has 0 aromatic carbocycles. The van der Waals surface area contributed by atoms with Gasteiger partial charge in [-0.1, -0.05) is 19.1 Å². The van der Waals surface area contributed by atoms with E-state index in [1.54, 1.807) is 6.08 Å². The van der Waals surface area contributed by atoms with E-state index in [9.17, 15) is 4.39 Å². The second-order valence-electron chi connectivity index (χ2n) is 1.27. The summed E-state index contributed by atoms with van der Waals surface area (Å²) in [7, 11) is 0. The second kappa shape index (κ2) is 5.67. The van der Waals surface area contributed by atoms with E-state index in [2.05, 4.69) is 6.92 Å². The minimum Gasteiger partial charge on any atom is -0.247 e. The second-order valence-corrected chi connectivity index (χ2v) is 1.27. The van der Waals surface area contributed by atoms with Crippen molar-refractivity contribution in [3.63, 3.8) is 0 Å². The Balaban J connectivity index is 2.78. The van der Waals surface area contributed by atoms with E-state index >= 15 is 0 Å². The number of alkyl halides is 1. The highest BCUT2D eigenvalue weighted by atomic mass is 19.1. The molecule has 0 saturated carbocycles. The molecule has 0 bridgehead atoms. The molecule has 0 nitrogen and oxygen atoms in total. The molecule has 0 unspecified atom stereocenters. The maximum absolute atomic E-state index is 11.2. The van der Waals surface area contributed by atoms with Gasteiger partial charge < -0.3 is 0 Å². The first kappa shape index (κ1) is 6.67. The molecular formula is C6H10F. The molecule has 0 aliphatic rings. The third-order valence-electron chi connectivity index (χ3n) is 0.627. The molecule has 0 aliphatic carbocycles. The third kappa shape index (κ3) is 5.67. The van der Waals surface area contributed by atoms with Gasteiger partial charge in [-0.05, 0) is 12.8 Å². The first-order chi connectivity index (χ1) is 3.41. The molecule has 0 aromatic heterocycles. The molecule has 1 heteroatoms. The predicted octanol–water partition coefficient (Wildman–Crippen LogP) is 2.13. The Hall–Kier alpha value is -0.330. The van der Waals surface area contributed by atoms with Gasteiger partial charge in [-0.2, -0.15) is 0 Å². The summed E-state index contributed by atoms with van der Waals surface area (Å²) in [6.45, 7) is 3.24. The number of unbranched alkanes of at least 4 members (excludes halogenated alkanes) is 1. The summed E-state index contributed by atoms with van der Waals surface area (Å²) in [6, 6.07) is 0. The average Bonchev–Trinajstić information content (AvgIpc) is 1.69. The minimum absolute atomic E-state index is 0.347. The van der Waals surface area contributed by atoms with Gasteiger partial charge in [-0.15, -0.1) is 0 Å². The first-order valence-corrected chi connectivity index (χ1v) is 2.42. The van der Waals surface area contributed by atoms with Crippen LogP contribution in [0.4, 0.5) is 4.39 Å². The maximum atomic E-state index is 11.2. The van der Waals surface area contributed by atoms with Gasteiger partial charge >= 0.3 is 0 Å². The third-order valence-corrected chi connectivity index (χ3v) is 0.627. The van der Waals surface area contributed by atoms with Gasteiger partial charge in [0.25, 0.3) is 0 Å². The van der Waals surface area contributed by atoms with E-state index in [1.165, 1.54) is 6.08 Å². The molecule has 0 atom stereocenters. The van der Waals surface area contributed by atoms with Crippen LogP contribution in [0.5, 0.6) is 0 Å². The highest BCUT2D eigenvalue weighted by Gasteiger charge is 1.69. The normalized spacial score (nSPS) is 10.6. The van der Waals surface area contributed by atoms with Crippen LogP contribution in [0.3, 0.4) is 0 Å². The fourth-order valence-electron chi connectivity index (χ4n) is 0.299. The zero-order valence-corrected chi connectivity index (χ0v) is 4.36. The van der Waals surface area contributed by atoms with Gasteiger partial charge in [0.1, 0.15) is 6.67 Å². The summed E-state index contributed by atoms with van der Waals surface area (Å²) in [5.41, 5.74) is 0. The van der Waals surface area contributed by atoms with E-state index in [0.717, 1.165) is 12.8 Å². The summed E-state index contributed by atoms with van der Waals surface area (Å²) in [5, 5.41) is 0. The fraction of sp³-hybridized carbons (Fsp3) is 0.500. The summed E-state index contributed by atoms with van der Waals surface area (Å²) in [4.78, 5) is 0. The van der Waals surface area contributed by atoms with Crippen molar-refractivity contribution >= 4 is 0 Å². The Morgan fingerprint density at radius 3 is 2.57 bits per heavy atom. The van der Waals surface area contributed by atoms with E-state index in [0.29, 0.717) is 0 Å². The zero-order chi connectivity index (χ0) is 5.54. The highest BCUT2D eigenvalue weighted by Crippen LogP contribution is 1.86. The number of hydrogen-bond donors (Lipinski definition) is 0. The molecule has 0 heterocycles. The molecule has 0 amide bonds. The largest absolute Gasteiger partial charge is 0.247 e. The standard InChI is InChI=1S/C6H10F/c1-2-3-4-5-6-7/h4-5H,1-3,6H2/b5-4+. The highest BCUT2D eigenvalue weighted by molar-refractivity contribution is 4.80. The first-order valence-electron chi connectivity index (χ1n) is 2.42. The van der Waals surface area contributed by atoms with Gasteiger partial charge in [0.2, 0.25) is 0 Å². The van der Waals surface area contributed by atoms with Gasteiger partial charge in [-0.3, -0.25) is 0 Å². The number of hydrogen-bond acceptors (Lipinski definition) is 0. The van der Waals surface area contributed by atoms with E-state index in [-0.39, 0.29) is 6.67 Å². The lowest BCUT2D eigenvalue weighted by Crippen LogP contribution is -1.63. The predicted molar refractivity (Wildman–Crippen MR) is 29.7 cm³/mol.